The summed E-state index contributed by atoms with van der Waals surface area (Å²) in [7, 11) is 0. The second-order valence-corrected chi connectivity index (χ2v) is 6.91. The Kier molecular flexibility index (Phi) is 6.03. The molecule has 1 atom stereocenters. The van der Waals surface area contributed by atoms with Gasteiger partial charge in [0.15, 0.2) is 0 Å². The average Bonchev–Trinajstić information content (AvgIpc) is 2.59. The first-order chi connectivity index (χ1) is 12.2. The molecule has 0 radical (unpaired) electrons. The first-order valence-corrected chi connectivity index (χ1v) is 8.81. The van der Waals surface area contributed by atoms with E-state index < -0.39 is 17.4 Å². The van der Waals surface area contributed by atoms with E-state index in [2.05, 4.69) is 0 Å². The van der Waals surface area contributed by atoms with Gasteiger partial charge in [-0.05, 0) is 49.5 Å². The largest absolute Gasteiger partial charge is 0.480 e. The van der Waals surface area contributed by atoms with Crippen LogP contribution < -0.4 is 0 Å². The zero-order chi connectivity index (χ0) is 19.5. The summed E-state index contributed by atoms with van der Waals surface area (Å²) < 4.78 is 5.78. The summed E-state index contributed by atoms with van der Waals surface area (Å²) in [6, 6.07) is 5.57. The summed E-state index contributed by atoms with van der Waals surface area (Å²) >= 11 is 0. The highest BCUT2D eigenvalue weighted by atomic mass is 16.5. The van der Waals surface area contributed by atoms with Gasteiger partial charge in [-0.1, -0.05) is 37.3 Å². The van der Waals surface area contributed by atoms with E-state index in [1.165, 1.54) is 0 Å². The molecular weight excluding hydrogens is 332 g/mol. The van der Waals surface area contributed by atoms with Crippen molar-refractivity contribution in [3.8, 4) is 0 Å². The number of aliphatic carboxylic acids is 2. The van der Waals surface area contributed by atoms with Gasteiger partial charge in [-0.15, -0.1) is 0 Å². The molecule has 0 fully saturated rings. The smallest absolute Gasteiger partial charge is 0.331 e. The van der Waals surface area contributed by atoms with E-state index in [4.69, 9.17) is 4.74 Å². The van der Waals surface area contributed by atoms with Crippen LogP contribution in [0.15, 0.2) is 41.5 Å². The van der Waals surface area contributed by atoms with Crippen molar-refractivity contribution in [3.63, 3.8) is 0 Å². The summed E-state index contributed by atoms with van der Waals surface area (Å²) in [5.41, 5.74) is 1.76. The molecule has 0 heterocycles. The van der Waals surface area contributed by atoms with Crippen molar-refractivity contribution in [2.45, 2.75) is 58.7 Å². The molecule has 0 amide bonds. The number of allylic oxidation sites excluding steroid dienone is 2. The Labute approximate surface area is 154 Å². The third kappa shape index (κ3) is 3.73. The minimum absolute atomic E-state index is 0.00663. The van der Waals surface area contributed by atoms with E-state index in [9.17, 15) is 19.8 Å². The maximum absolute atomic E-state index is 12.3. The summed E-state index contributed by atoms with van der Waals surface area (Å²) in [6.45, 7) is 7.85. The summed E-state index contributed by atoms with van der Waals surface area (Å²) in [4.78, 5) is 24.0. The molecule has 1 aliphatic carbocycles. The Morgan fingerprint density at radius 3 is 2.50 bits per heavy atom. The number of benzene rings is 1. The topological polar surface area (TPSA) is 83.8 Å². The van der Waals surface area contributed by atoms with Gasteiger partial charge < -0.3 is 14.9 Å². The van der Waals surface area contributed by atoms with Crippen molar-refractivity contribution < 1.29 is 24.5 Å². The SMILES string of the molecule is CCc1cccc(C2(C(=O)O)C=CC(C)=C(C(=O)O)C2)c1COC(C)C. The number of carboxylic acid groups (broad SMARTS) is 2. The normalized spacial score (nSPS) is 19.9. The molecule has 5 heteroatoms. The lowest BCUT2D eigenvalue weighted by atomic mass is 9.69. The number of ether oxygens (including phenoxy) is 1. The van der Waals surface area contributed by atoms with Crippen LogP contribution in [0.2, 0.25) is 0 Å². The summed E-state index contributed by atoms with van der Waals surface area (Å²) in [6.07, 6.45) is 3.89. The molecule has 1 aromatic carbocycles. The van der Waals surface area contributed by atoms with Gasteiger partial charge in [0.05, 0.1) is 12.7 Å². The predicted octanol–water partition coefficient (Wildman–Crippen LogP) is 3.86. The van der Waals surface area contributed by atoms with Crippen LogP contribution in [-0.2, 0) is 32.8 Å². The van der Waals surface area contributed by atoms with Crippen LogP contribution in [0, 0.1) is 0 Å². The van der Waals surface area contributed by atoms with Gasteiger partial charge >= 0.3 is 11.9 Å². The number of hydrogen-bond acceptors (Lipinski definition) is 3. The van der Waals surface area contributed by atoms with E-state index >= 15 is 0 Å². The molecule has 0 saturated heterocycles. The first kappa shape index (κ1) is 19.9. The molecule has 5 nitrogen and oxygen atoms in total. The second kappa shape index (κ2) is 7.87. The number of rotatable bonds is 7. The van der Waals surface area contributed by atoms with E-state index in [0.717, 1.165) is 17.5 Å². The van der Waals surface area contributed by atoms with Crippen LogP contribution in [-0.4, -0.2) is 28.3 Å². The van der Waals surface area contributed by atoms with Crippen LogP contribution in [0.3, 0.4) is 0 Å². The van der Waals surface area contributed by atoms with Crippen LogP contribution in [0.4, 0.5) is 0 Å². The van der Waals surface area contributed by atoms with E-state index in [0.29, 0.717) is 17.7 Å². The minimum Gasteiger partial charge on any atom is -0.480 e. The predicted molar refractivity (Wildman–Crippen MR) is 99.2 cm³/mol. The lowest BCUT2D eigenvalue weighted by molar-refractivity contribution is -0.142. The van der Waals surface area contributed by atoms with Gasteiger partial charge in [0.25, 0.3) is 0 Å². The molecule has 2 N–H and O–H groups in total. The molecule has 26 heavy (non-hydrogen) atoms. The van der Waals surface area contributed by atoms with Crippen molar-refractivity contribution in [3.05, 3.63) is 58.2 Å². The van der Waals surface area contributed by atoms with Gasteiger partial charge in [0.1, 0.15) is 5.41 Å². The highest BCUT2D eigenvalue weighted by Crippen LogP contribution is 2.41. The highest BCUT2D eigenvalue weighted by Gasteiger charge is 2.43. The summed E-state index contributed by atoms with van der Waals surface area (Å²) in [5, 5.41) is 19.6. The Balaban J connectivity index is 2.64. The standard InChI is InChI=1S/C21H26O5/c1-5-15-7-6-8-18(17(15)12-26-13(2)3)21(20(24)25)10-9-14(4)16(11-21)19(22)23/h6-10,13H,5,11-12H2,1-4H3,(H,22,23)(H,24,25). The molecule has 1 aliphatic rings. The Hall–Kier alpha value is -2.40. The lowest BCUT2D eigenvalue weighted by Crippen LogP contribution is -2.38. The second-order valence-electron chi connectivity index (χ2n) is 6.91. The van der Waals surface area contributed by atoms with Crippen LogP contribution >= 0.6 is 0 Å². The number of carbonyl (C=O) groups is 2. The van der Waals surface area contributed by atoms with E-state index in [-0.39, 0.29) is 18.1 Å². The third-order valence-corrected chi connectivity index (χ3v) is 4.88. The maximum Gasteiger partial charge on any atom is 0.331 e. The Morgan fingerprint density at radius 1 is 1.27 bits per heavy atom. The number of carboxylic acids is 2. The fourth-order valence-corrected chi connectivity index (χ4v) is 3.34. The lowest BCUT2D eigenvalue weighted by Gasteiger charge is -2.33. The molecule has 1 aromatic rings. The van der Waals surface area contributed by atoms with Crippen LogP contribution in [0.1, 0.15) is 50.8 Å². The van der Waals surface area contributed by atoms with Gasteiger partial charge in [-0.25, -0.2) is 4.79 Å². The average molecular weight is 358 g/mol. The monoisotopic (exact) mass is 358 g/mol. The molecule has 0 bridgehead atoms. The van der Waals surface area contributed by atoms with E-state index in [1.807, 2.05) is 32.9 Å². The van der Waals surface area contributed by atoms with E-state index in [1.54, 1.807) is 25.1 Å². The zero-order valence-electron chi connectivity index (χ0n) is 15.7. The third-order valence-electron chi connectivity index (χ3n) is 4.88. The van der Waals surface area contributed by atoms with Gasteiger partial charge in [0.2, 0.25) is 0 Å². The van der Waals surface area contributed by atoms with Crippen molar-refractivity contribution in [1.29, 1.82) is 0 Å². The van der Waals surface area contributed by atoms with Crippen molar-refractivity contribution in [1.82, 2.24) is 0 Å². The molecule has 0 saturated carbocycles. The molecule has 2 rings (SSSR count). The van der Waals surface area contributed by atoms with Crippen LogP contribution in [0.5, 0.6) is 0 Å². The molecule has 140 valence electrons. The van der Waals surface area contributed by atoms with Gasteiger partial charge in [-0.2, -0.15) is 0 Å². The molecule has 0 aliphatic heterocycles. The number of hydrogen-bond donors (Lipinski definition) is 2. The number of aryl methyl sites for hydroxylation is 1. The zero-order valence-corrected chi connectivity index (χ0v) is 15.7. The fraction of sp³-hybridized carbons (Fsp3) is 0.429. The first-order valence-electron chi connectivity index (χ1n) is 8.81. The van der Waals surface area contributed by atoms with Crippen molar-refractivity contribution in [2.75, 3.05) is 0 Å². The minimum atomic E-state index is -1.41. The fourth-order valence-electron chi connectivity index (χ4n) is 3.34. The van der Waals surface area contributed by atoms with Crippen molar-refractivity contribution in [2.24, 2.45) is 0 Å². The molecule has 0 aromatic heterocycles. The van der Waals surface area contributed by atoms with Gasteiger partial charge in [0, 0.05) is 12.0 Å². The Morgan fingerprint density at radius 2 is 1.96 bits per heavy atom. The molecular formula is C21H26O5. The highest BCUT2D eigenvalue weighted by molar-refractivity contribution is 5.94. The van der Waals surface area contributed by atoms with Crippen LogP contribution in [0.25, 0.3) is 0 Å². The quantitative estimate of drug-likeness (QED) is 0.773. The van der Waals surface area contributed by atoms with Crippen molar-refractivity contribution >= 4 is 11.9 Å². The Bertz CT molecular complexity index is 773. The molecule has 0 spiro atoms. The van der Waals surface area contributed by atoms with Gasteiger partial charge in [-0.3, -0.25) is 4.79 Å². The molecule has 1 unspecified atom stereocenters. The summed E-state index contributed by atoms with van der Waals surface area (Å²) in [5.74, 6) is -2.14. The maximum atomic E-state index is 12.3.